The summed E-state index contributed by atoms with van der Waals surface area (Å²) in [4.78, 5) is 47.0. The van der Waals surface area contributed by atoms with Crippen molar-refractivity contribution in [3.63, 3.8) is 0 Å². The van der Waals surface area contributed by atoms with E-state index in [1.165, 1.54) is 28.7 Å². The van der Waals surface area contributed by atoms with Crippen LogP contribution in [0.15, 0.2) is 26.5 Å². The van der Waals surface area contributed by atoms with Gasteiger partial charge in [-0.15, -0.1) is 11.3 Å². The summed E-state index contributed by atoms with van der Waals surface area (Å²) in [5, 5.41) is 0.398. The predicted octanol–water partition coefficient (Wildman–Crippen LogP) is 1.12. The topological polar surface area (TPSA) is 101 Å². The fraction of sp³-hybridized carbons (Fsp3) is 0.333. The number of fused-ring (bicyclic) bond motifs is 1. The van der Waals surface area contributed by atoms with E-state index < -0.39 is 17.3 Å². The molecule has 1 fully saturated rings. The van der Waals surface area contributed by atoms with Gasteiger partial charge < -0.3 is 9.32 Å². The van der Waals surface area contributed by atoms with Crippen molar-refractivity contribution in [2.24, 2.45) is 0 Å². The van der Waals surface area contributed by atoms with Crippen molar-refractivity contribution in [1.29, 1.82) is 0 Å². The molecule has 4 rings (SSSR count). The van der Waals surface area contributed by atoms with Gasteiger partial charge in [-0.05, 0) is 18.9 Å². The number of nitrogens with zero attached hydrogens (tertiary/aromatic N) is 3. The third-order valence-electron chi connectivity index (χ3n) is 4.36. The van der Waals surface area contributed by atoms with Gasteiger partial charge in [-0.25, -0.2) is 14.3 Å². The predicted molar refractivity (Wildman–Crippen MR) is 88.2 cm³/mol. The first-order valence-corrected chi connectivity index (χ1v) is 8.23. The van der Waals surface area contributed by atoms with E-state index in [0.717, 1.165) is 4.57 Å². The lowest BCUT2D eigenvalue weighted by atomic mass is 10.2. The van der Waals surface area contributed by atoms with E-state index in [-0.39, 0.29) is 5.91 Å². The Kier molecular flexibility index (Phi) is 3.20. The molecule has 0 aliphatic carbocycles. The highest BCUT2D eigenvalue weighted by atomic mass is 32.1. The maximum Gasteiger partial charge on any atom is 0.330 e. The lowest BCUT2D eigenvalue weighted by Gasteiger charge is -2.12. The first-order chi connectivity index (χ1) is 11.5. The molecule has 1 aliphatic rings. The van der Waals surface area contributed by atoms with E-state index in [1.807, 2.05) is 0 Å². The molecule has 8 nitrogen and oxygen atoms in total. The van der Waals surface area contributed by atoms with Crippen LogP contribution in [-0.4, -0.2) is 38.9 Å². The molecule has 9 heteroatoms. The molecule has 1 aliphatic heterocycles. The fourth-order valence-electron chi connectivity index (χ4n) is 3.10. The zero-order chi connectivity index (χ0) is 17.0. The first-order valence-electron chi connectivity index (χ1n) is 7.41. The number of oxazole rings is 1. The zero-order valence-corrected chi connectivity index (χ0v) is 13.8. The summed E-state index contributed by atoms with van der Waals surface area (Å²) in [5.74, 6) is 0.180. The average Bonchev–Trinajstić information content (AvgIpc) is 3.23. The number of thiophene rings is 1. The summed E-state index contributed by atoms with van der Waals surface area (Å²) in [6.07, 6.45) is 3.42. The number of aryl methyl sites for hydroxylation is 1. The number of carbonyl (C=O) groups is 1. The number of likely N-dealkylation sites (N-methyl/N-ethyl adjacent to an activating group) is 1. The molecule has 3 aromatic heterocycles. The molecule has 1 saturated heterocycles. The Bertz CT molecular complexity index is 1060. The third kappa shape index (κ3) is 1.97. The van der Waals surface area contributed by atoms with Gasteiger partial charge in [-0.3, -0.25) is 14.6 Å². The molecule has 1 amide bonds. The molecule has 3 aromatic rings. The van der Waals surface area contributed by atoms with Crippen molar-refractivity contribution in [3.05, 3.63) is 38.9 Å². The highest BCUT2D eigenvalue weighted by molar-refractivity contribution is 7.22. The molecule has 0 bridgehead atoms. The van der Waals surface area contributed by atoms with E-state index in [2.05, 4.69) is 9.97 Å². The normalized spacial score (nSPS) is 18.0. The summed E-state index contributed by atoms with van der Waals surface area (Å²) in [7, 11) is 1.66. The summed E-state index contributed by atoms with van der Waals surface area (Å²) in [6.45, 7) is 2.31. The number of rotatable bonds is 2. The van der Waals surface area contributed by atoms with E-state index >= 15 is 0 Å². The van der Waals surface area contributed by atoms with Crippen molar-refractivity contribution in [2.75, 3.05) is 13.6 Å². The minimum atomic E-state index is -0.750. The number of aromatic nitrogens is 3. The lowest BCUT2D eigenvalue weighted by Crippen LogP contribution is -2.40. The minimum absolute atomic E-state index is 0.220. The monoisotopic (exact) mass is 346 g/mol. The Morgan fingerprint density at radius 1 is 1.38 bits per heavy atom. The van der Waals surface area contributed by atoms with E-state index in [9.17, 15) is 14.4 Å². The SMILES string of the molecule is Cc1c(-c2ncco2)sc2[nH]c(=O)n([C@H]3CCN(C)C3=O)c(=O)c12. The van der Waals surface area contributed by atoms with Crippen molar-refractivity contribution >= 4 is 27.5 Å². The number of H-pyrrole nitrogens is 1. The van der Waals surface area contributed by atoms with Crippen LogP contribution in [0.3, 0.4) is 0 Å². The summed E-state index contributed by atoms with van der Waals surface area (Å²) in [6, 6.07) is -0.750. The van der Waals surface area contributed by atoms with Crippen molar-refractivity contribution in [3.8, 4) is 10.8 Å². The highest BCUT2D eigenvalue weighted by Crippen LogP contribution is 2.34. The maximum absolute atomic E-state index is 12.9. The Balaban J connectivity index is 1.98. The van der Waals surface area contributed by atoms with Gasteiger partial charge in [0.25, 0.3) is 5.56 Å². The van der Waals surface area contributed by atoms with Crippen LogP contribution in [0.2, 0.25) is 0 Å². The Morgan fingerprint density at radius 2 is 2.17 bits per heavy atom. The van der Waals surface area contributed by atoms with Crippen LogP contribution in [0.5, 0.6) is 0 Å². The number of aromatic amines is 1. The molecule has 124 valence electrons. The van der Waals surface area contributed by atoms with E-state index in [1.54, 1.807) is 14.0 Å². The molecule has 1 N–H and O–H groups in total. The van der Waals surface area contributed by atoms with Gasteiger partial charge in [-0.2, -0.15) is 0 Å². The molecule has 24 heavy (non-hydrogen) atoms. The molecule has 0 spiro atoms. The average molecular weight is 346 g/mol. The van der Waals surface area contributed by atoms with E-state index in [0.29, 0.717) is 39.5 Å². The van der Waals surface area contributed by atoms with Gasteiger partial charge in [0, 0.05) is 13.6 Å². The number of hydrogen-bond donors (Lipinski definition) is 1. The molecule has 0 unspecified atom stereocenters. The van der Waals surface area contributed by atoms with Gasteiger partial charge >= 0.3 is 5.69 Å². The summed E-state index contributed by atoms with van der Waals surface area (Å²) >= 11 is 1.24. The van der Waals surface area contributed by atoms with Crippen LogP contribution in [0.4, 0.5) is 0 Å². The second-order valence-electron chi connectivity index (χ2n) is 5.77. The Morgan fingerprint density at radius 3 is 2.79 bits per heavy atom. The number of nitrogens with one attached hydrogen (secondary N) is 1. The van der Waals surface area contributed by atoms with Crippen LogP contribution >= 0.6 is 11.3 Å². The largest absolute Gasteiger partial charge is 0.444 e. The van der Waals surface area contributed by atoms with Crippen LogP contribution in [0, 0.1) is 6.92 Å². The lowest BCUT2D eigenvalue weighted by molar-refractivity contribution is -0.129. The molecular weight excluding hydrogens is 332 g/mol. The Hall–Kier alpha value is -2.68. The standard InChI is InChI=1S/C15H14N4O4S/c1-7-9-12(24-10(7)11-16-4-6-23-11)17-15(22)19(14(9)21)8-3-5-18(2)13(8)20/h4,6,8H,3,5H2,1-2H3,(H,17,22)/t8-/m0/s1. The maximum atomic E-state index is 12.9. The van der Waals surface area contributed by atoms with Crippen LogP contribution in [0.25, 0.3) is 21.0 Å². The highest BCUT2D eigenvalue weighted by Gasteiger charge is 2.33. The fourth-order valence-corrected chi connectivity index (χ4v) is 4.22. The van der Waals surface area contributed by atoms with Crippen LogP contribution in [0.1, 0.15) is 18.0 Å². The van der Waals surface area contributed by atoms with Crippen LogP contribution in [-0.2, 0) is 4.79 Å². The van der Waals surface area contributed by atoms with Crippen molar-refractivity contribution in [2.45, 2.75) is 19.4 Å². The van der Waals surface area contributed by atoms with Gasteiger partial charge in [0.1, 0.15) is 17.1 Å². The third-order valence-corrected chi connectivity index (χ3v) is 5.55. The van der Waals surface area contributed by atoms with Gasteiger partial charge in [0.15, 0.2) is 0 Å². The van der Waals surface area contributed by atoms with Gasteiger partial charge in [-0.1, -0.05) is 0 Å². The number of carbonyl (C=O) groups excluding carboxylic acids is 1. The second kappa shape index (κ2) is 5.17. The second-order valence-corrected chi connectivity index (χ2v) is 6.79. The minimum Gasteiger partial charge on any atom is -0.444 e. The summed E-state index contributed by atoms with van der Waals surface area (Å²) in [5.41, 5.74) is -0.332. The quantitative estimate of drug-likeness (QED) is 0.749. The zero-order valence-electron chi connectivity index (χ0n) is 13.0. The first kappa shape index (κ1) is 14.9. The number of likely N-dealkylation sites (tertiary alicyclic amines) is 1. The van der Waals surface area contributed by atoms with Crippen molar-refractivity contribution in [1.82, 2.24) is 19.4 Å². The molecule has 0 radical (unpaired) electrons. The molecular formula is C15H14N4O4S. The molecule has 4 heterocycles. The van der Waals surface area contributed by atoms with Crippen LogP contribution < -0.4 is 11.2 Å². The summed E-state index contributed by atoms with van der Waals surface area (Å²) < 4.78 is 6.33. The Labute approximate surface area is 139 Å². The van der Waals surface area contributed by atoms with E-state index in [4.69, 9.17) is 4.42 Å². The van der Waals surface area contributed by atoms with Gasteiger partial charge in [0.05, 0.1) is 16.5 Å². The number of hydrogen-bond acceptors (Lipinski definition) is 6. The van der Waals surface area contributed by atoms with Crippen molar-refractivity contribution < 1.29 is 9.21 Å². The molecule has 1 atom stereocenters. The number of amides is 1. The molecule has 0 saturated carbocycles. The smallest absolute Gasteiger partial charge is 0.330 e. The molecule has 0 aromatic carbocycles. The van der Waals surface area contributed by atoms with Gasteiger partial charge in [0.2, 0.25) is 11.8 Å².